The summed E-state index contributed by atoms with van der Waals surface area (Å²) in [5.74, 6) is -0.693. The van der Waals surface area contributed by atoms with E-state index in [1.807, 2.05) is 0 Å². The number of esters is 1. The Morgan fingerprint density at radius 1 is 1.14 bits per heavy atom. The van der Waals surface area contributed by atoms with Gasteiger partial charge in [-0.1, -0.05) is 0 Å². The maximum absolute atomic E-state index is 11.9. The molecule has 7 nitrogen and oxygen atoms in total. The molecular weight excluding hydrogens is 274 g/mol. The molecule has 1 heterocycles. The topological polar surface area (TPSA) is 87.7 Å². The van der Waals surface area contributed by atoms with Gasteiger partial charge in [0.1, 0.15) is 6.54 Å². The number of amides is 3. The predicted octanol–water partition coefficient (Wildman–Crippen LogP) is 0.250. The highest BCUT2D eigenvalue weighted by atomic mass is 16.5. The molecule has 2 fully saturated rings. The molecule has 21 heavy (non-hydrogen) atoms. The summed E-state index contributed by atoms with van der Waals surface area (Å²) in [5.41, 5.74) is 0. The number of rotatable bonds is 5. The molecule has 7 heteroatoms. The van der Waals surface area contributed by atoms with Crippen molar-refractivity contribution < 1.29 is 19.1 Å². The molecule has 0 spiro atoms. The quantitative estimate of drug-likeness (QED) is 0.712. The van der Waals surface area contributed by atoms with Gasteiger partial charge in [0.25, 0.3) is 0 Å². The number of carbonyl (C=O) groups is 3. The van der Waals surface area contributed by atoms with Gasteiger partial charge >= 0.3 is 12.0 Å². The lowest BCUT2D eigenvalue weighted by Gasteiger charge is -2.31. The molecule has 2 aliphatic rings. The summed E-state index contributed by atoms with van der Waals surface area (Å²) in [4.78, 5) is 36.7. The SMILES string of the molecule is CCOC(=O)CNC(=O)C1CCN(C(=O)NC2CC2)CC1. The third-order valence-corrected chi connectivity index (χ3v) is 3.77. The first-order chi connectivity index (χ1) is 10.1. The third-order valence-electron chi connectivity index (χ3n) is 3.77. The lowest BCUT2D eigenvalue weighted by atomic mass is 9.96. The normalized spacial score (nSPS) is 19.0. The average Bonchev–Trinajstić information content (AvgIpc) is 3.29. The zero-order valence-corrected chi connectivity index (χ0v) is 12.4. The zero-order valence-electron chi connectivity index (χ0n) is 12.4. The molecule has 0 bridgehead atoms. The van der Waals surface area contributed by atoms with Crippen LogP contribution in [0.4, 0.5) is 4.79 Å². The van der Waals surface area contributed by atoms with Crippen molar-refractivity contribution in [3.8, 4) is 0 Å². The zero-order chi connectivity index (χ0) is 15.2. The van der Waals surface area contributed by atoms with Crippen LogP contribution in [-0.4, -0.2) is 55.1 Å². The van der Waals surface area contributed by atoms with E-state index in [1.165, 1.54) is 0 Å². The van der Waals surface area contributed by atoms with Gasteiger partial charge in [0.05, 0.1) is 6.61 Å². The van der Waals surface area contributed by atoms with Crippen molar-refractivity contribution in [3.63, 3.8) is 0 Å². The lowest BCUT2D eigenvalue weighted by Crippen LogP contribution is -2.47. The van der Waals surface area contributed by atoms with Crippen LogP contribution in [0, 0.1) is 5.92 Å². The van der Waals surface area contributed by atoms with Crippen LogP contribution in [0.1, 0.15) is 32.6 Å². The fourth-order valence-electron chi connectivity index (χ4n) is 2.35. The third kappa shape index (κ3) is 4.91. The number of nitrogens with zero attached hydrogens (tertiary/aromatic N) is 1. The number of piperidine rings is 1. The molecule has 0 aromatic rings. The molecule has 2 N–H and O–H groups in total. The van der Waals surface area contributed by atoms with Crippen LogP contribution in [0.3, 0.4) is 0 Å². The standard InChI is InChI=1S/C14H23N3O4/c1-2-21-12(18)9-15-13(19)10-5-7-17(8-6-10)14(20)16-11-3-4-11/h10-11H,2-9H2,1H3,(H,15,19)(H,16,20). The minimum atomic E-state index is -0.424. The molecular formula is C14H23N3O4. The molecule has 0 aromatic carbocycles. The van der Waals surface area contributed by atoms with Crippen molar-refractivity contribution in [3.05, 3.63) is 0 Å². The predicted molar refractivity (Wildman–Crippen MR) is 75.5 cm³/mol. The molecule has 1 saturated carbocycles. The van der Waals surface area contributed by atoms with Gasteiger partial charge in [-0.15, -0.1) is 0 Å². The maximum atomic E-state index is 11.9. The number of likely N-dealkylation sites (tertiary alicyclic amines) is 1. The van der Waals surface area contributed by atoms with Gasteiger partial charge in [0.15, 0.2) is 0 Å². The van der Waals surface area contributed by atoms with Gasteiger partial charge in [-0.3, -0.25) is 9.59 Å². The summed E-state index contributed by atoms with van der Waals surface area (Å²) in [6.45, 7) is 3.10. The smallest absolute Gasteiger partial charge is 0.325 e. The van der Waals surface area contributed by atoms with Crippen LogP contribution < -0.4 is 10.6 Å². The Labute approximate surface area is 124 Å². The van der Waals surface area contributed by atoms with Crippen molar-refractivity contribution in [1.29, 1.82) is 0 Å². The molecule has 0 unspecified atom stereocenters. The van der Waals surface area contributed by atoms with Crippen molar-refractivity contribution in [2.45, 2.75) is 38.6 Å². The molecule has 3 amide bonds. The van der Waals surface area contributed by atoms with Gasteiger partial charge in [-0.05, 0) is 32.6 Å². The number of hydrogen-bond donors (Lipinski definition) is 2. The summed E-state index contributed by atoms with van der Waals surface area (Å²) in [6.07, 6.45) is 3.40. The number of carbonyl (C=O) groups excluding carboxylic acids is 3. The number of nitrogens with one attached hydrogen (secondary N) is 2. The second kappa shape index (κ2) is 7.28. The van der Waals surface area contributed by atoms with E-state index in [2.05, 4.69) is 10.6 Å². The second-order valence-electron chi connectivity index (χ2n) is 5.51. The van der Waals surface area contributed by atoms with Gasteiger partial charge in [0.2, 0.25) is 5.91 Å². The number of hydrogen-bond acceptors (Lipinski definition) is 4. The Bertz CT molecular complexity index is 401. The van der Waals surface area contributed by atoms with Gasteiger partial charge in [-0.2, -0.15) is 0 Å². The molecule has 1 aliphatic heterocycles. The highest BCUT2D eigenvalue weighted by molar-refractivity contribution is 5.84. The Morgan fingerprint density at radius 3 is 2.38 bits per heavy atom. The summed E-state index contributed by atoms with van der Waals surface area (Å²) in [7, 11) is 0. The Kier molecular flexibility index (Phi) is 5.41. The summed E-state index contributed by atoms with van der Waals surface area (Å²) < 4.78 is 4.76. The highest BCUT2D eigenvalue weighted by Gasteiger charge is 2.30. The van der Waals surface area contributed by atoms with E-state index >= 15 is 0 Å². The second-order valence-corrected chi connectivity index (χ2v) is 5.51. The van der Waals surface area contributed by atoms with Gasteiger partial charge in [-0.25, -0.2) is 4.79 Å². The lowest BCUT2D eigenvalue weighted by molar-refractivity contribution is -0.144. The molecule has 1 aliphatic carbocycles. The fraction of sp³-hybridized carbons (Fsp3) is 0.786. The van der Waals surface area contributed by atoms with E-state index in [0.717, 1.165) is 12.8 Å². The fourth-order valence-corrected chi connectivity index (χ4v) is 2.35. The van der Waals surface area contributed by atoms with Crippen LogP contribution in [0.2, 0.25) is 0 Å². The summed E-state index contributed by atoms with van der Waals surface area (Å²) in [5, 5.41) is 5.54. The van der Waals surface area contributed by atoms with E-state index in [4.69, 9.17) is 4.74 Å². The van der Waals surface area contributed by atoms with Gasteiger partial charge in [0, 0.05) is 25.0 Å². The molecule has 0 atom stereocenters. The van der Waals surface area contributed by atoms with Crippen LogP contribution in [0.5, 0.6) is 0 Å². The van der Waals surface area contributed by atoms with E-state index in [0.29, 0.717) is 38.6 Å². The highest BCUT2D eigenvalue weighted by Crippen LogP contribution is 2.21. The first-order valence-corrected chi connectivity index (χ1v) is 7.59. The van der Waals surface area contributed by atoms with Crippen LogP contribution in [-0.2, 0) is 14.3 Å². The first-order valence-electron chi connectivity index (χ1n) is 7.59. The van der Waals surface area contributed by atoms with Crippen molar-refractivity contribution in [2.24, 2.45) is 5.92 Å². The molecule has 2 rings (SSSR count). The molecule has 1 saturated heterocycles. The molecule has 0 radical (unpaired) electrons. The van der Waals surface area contributed by atoms with E-state index in [1.54, 1.807) is 11.8 Å². The minimum absolute atomic E-state index is 0.0251. The van der Waals surface area contributed by atoms with Crippen LogP contribution in [0.25, 0.3) is 0 Å². The Balaban J connectivity index is 1.66. The Morgan fingerprint density at radius 2 is 1.81 bits per heavy atom. The molecule has 118 valence electrons. The summed E-state index contributed by atoms with van der Waals surface area (Å²) in [6, 6.07) is 0.325. The van der Waals surface area contributed by atoms with Crippen LogP contribution in [0.15, 0.2) is 0 Å². The largest absolute Gasteiger partial charge is 0.465 e. The van der Waals surface area contributed by atoms with Gasteiger partial charge < -0.3 is 20.3 Å². The summed E-state index contributed by atoms with van der Waals surface area (Å²) >= 11 is 0. The average molecular weight is 297 g/mol. The monoisotopic (exact) mass is 297 g/mol. The molecule has 0 aromatic heterocycles. The first kappa shape index (κ1) is 15.6. The van der Waals surface area contributed by atoms with Crippen molar-refractivity contribution >= 4 is 17.9 Å². The van der Waals surface area contributed by atoms with E-state index in [-0.39, 0.29) is 24.4 Å². The number of ether oxygens (including phenoxy) is 1. The van der Waals surface area contributed by atoms with E-state index < -0.39 is 5.97 Å². The van der Waals surface area contributed by atoms with E-state index in [9.17, 15) is 14.4 Å². The van der Waals surface area contributed by atoms with Crippen molar-refractivity contribution in [2.75, 3.05) is 26.2 Å². The van der Waals surface area contributed by atoms with Crippen LogP contribution >= 0.6 is 0 Å². The van der Waals surface area contributed by atoms with Crippen molar-refractivity contribution in [1.82, 2.24) is 15.5 Å². The Hall–Kier alpha value is -1.79. The minimum Gasteiger partial charge on any atom is -0.465 e. The maximum Gasteiger partial charge on any atom is 0.325 e. The number of urea groups is 1.